The number of aliphatic imine (C=N–C) groups is 2. The van der Waals surface area contributed by atoms with Crippen LogP contribution < -0.4 is 16.1 Å². The minimum absolute atomic E-state index is 0.158. The molecule has 0 bridgehead atoms. The van der Waals surface area contributed by atoms with E-state index in [2.05, 4.69) is 28.1 Å². The van der Waals surface area contributed by atoms with Crippen LogP contribution in [0.25, 0.3) is 5.70 Å². The van der Waals surface area contributed by atoms with Crippen LogP contribution in [0, 0.1) is 17.1 Å². The van der Waals surface area contributed by atoms with Crippen LogP contribution in [-0.2, 0) is 17.4 Å². The lowest BCUT2D eigenvalue weighted by Crippen LogP contribution is -2.23. The third-order valence-electron chi connectivity index (χ3n) is 5.48. The smallest absolute Gasteiger partial charge is 0.386 e. The molecule has 0 aromatic heterocycles. The largest absolute Gasteiger partial charge is 0.416 e. The van der Waals surface area contributed by atoms with Crippen LogP contribution in [0.2, 0.25) is 0 Å². The van der Waals surface area contributed by atoms with Crippen molar-refractivity contribution < 1.29 is 22.4 Å². The Hall–Kier alpha value is -4.50. The second kappa shape index (κ2) is 13.7. The molecule has 1 aliphatic rings. The first-order valence-corrected chi connectivity index (χ1v) is 11.3. The minimum atomic E-state index is -4.43. The summed E-state index contributed by atoms with van der Waals surface area (Å²) in [6.07, 6.45) is 3.46. The van der Waals surface area contributed by atoms with Gasteiger partial charge in [-0.15, -0.1) is 0 Å². The first kappa shape index (κ1) is 29.7. The Bertz CT molecular complexity index is 1280. The Morgan fingerprint density at radius 3 is 2.66 bits per heavy atom. The zero-order valence-electron chi connectivity index (χ0n) is 20.8. The molecule has 200 valence electrons. The van der Waals surface area contributed by atoms with Gasteiger partial charge in [0.25, 0.3) is 0 Å². The van der Waals surface area contributed by atoms with Gasteiger partial charge in [0.1, 0.15) is 11.9 Å². The number of carbonyl (C=O) groups is 1. The number of nitrogens with zero attached hydrogens (tertiary/aromatic N) is 5. The minimum Gasteiger partial charge on any atom is -0.386 e. The standard InChI is InChI=1S/C18H20N6O.C8H7F4N/c1-3-24(20)11-9-22-8-6-17(21-2)14-4-5-18-15(16(14)12-19)7-10-23(18)13-25;1-13-7-4-5(8(10,11)12)2-3-6(7)9/h4-6,8-9,11,13H,2-3,7,10,20H2,1H3;2-4,13H,1H3/b11-9-,17-6+,22-8-;. The molecule has 0 atom stereocenters. The number of nitriles is 1. The number of amides is 1. The lowest BCUT2D eigenvalue weighted by Gasteiger charge is -2.12. The van der Waals surface area contributed by atoms with Crippen molar-refractivity contribution in [3.8, 4) is 6.07 Å². The fourth-order valence-corrected chi connectivity index (χ4v) is 3.48. The van der Waals surface area contributed by atoms with Gasteiger partial charge in [-0.1, -0.05) is 0 Å². The van der Waals surface area contributed by atoms with Crippen molar-refractivity contribution in [3.05, 3.63) is 76.9 Å². The fourth-order valence-electron chi connectivity index (χ4n) is 3.48. The number of rotatable bonds is 8. The number of benzene rings is 2. The molecular formula is C26H27F4N7O. The van der Waals surface area contributed by atoms with Crippen LogP contribution in [-0.4, -0.2) is 44.5 Å². The molecule has 0 radical (unpaired) electrons. The van der Waals surface area contributed by atoms with Gasteiger partial charge in [-0.3, -0.25) is 14.8 Å². The molecule has 0 unspecified atom stereocenters. The number of hydrazine groups is 1. The summed E-state index contributed by atoms with van der Waals surface area (Å²) in [5.41, 5.74) is 2.35. The number of alkyl halides is 3. The van der Waals surface area contributed by atoms with Crippen molar-refractivity contribution in [1.82, 2.24) is 5.01 Å². The van der Waals surface area contributed by atoms with Crippen LogP contribution in [0.3, 0.4) is 0 Å². The number of nitrogens with one attached hydrogen (secondary N) is 1. The van der Waals surface area contributed by atoms with E-state index in [1.165, 1.54) is 12.1 Å². The van der Waals surface area contributed by atoms with Crippen LogP contribution in [0.15, 0.2) is 58.8 Å². The molecule has 1 heterocycles. The summed E-state index contributed by atoms with van der Waals surface area (Å²) < 4.78 is 49.0. The number of carbonyl (C=O) groups excluding carboxylic acids is 1. The maximum atomic E-state index is 12.7. The third-order valence-corrected chi connectivity index (χ3v) is 5.48. The lowest BCUT2D eigenvalue weighted by atomic mass is 9.97. The normalized spacial score (nSPS) is 13.1. The second-order valence-electron chi connectivity index (χ2n) is 7.73. The van der Waals surface area contributed by atoms with Gasteiger partial charge in [0.2, 0.25) is 6.41 Å². The molecule has 3 N–H and O–H groups in total. The number of hydrogen-bond donors (Lipinski definition) is 2. The molecule has 0 spiro atoms. The SMILES string of the molecule is C=N/C(=C/C=N\C=C/N(N)CC)c1ccc2c(c1C#N)CCN2C=O.CNc1cc(C(F)(F)F)ccc1F. The first-order valence-electron chi connectivity index (χ1n) is 11.3. The van der Waals surface area contributed by atoms with E-state index in [4.69, 9.17) is 5.84 Å². The molecule has 8 nitrogen and oxygen atoms in total. The fraction of sp³-hybridized carbons (Fsp3) is 0.231. The molecule has 38 heavy (non-hydrogen) atoms. The summed E-state index contributed by atoms with van der Waals surface area (Å²) in [6.45, 7) is 6.76. The molecule has 1 amide bonds. The van der Waals surface area contributed by atoms with Gasteiger partial charge in [-0.25, -0.2) is 10.2 Å². The van der Waals surface area contributed by atoms with E-state index in [0.717, 1.165) is 29.8 Å². The highest BCUT2D eigenvalue weighted by molar-refractivity contribution is 5.89. The Morgan fingerprint density at radius 2 is 2.08 bits per heavy atom. The third kappa shape index (κ3) is 7.50. The number of fused-ring (bicyclic) bond motifs is 1. The van der Waals surface area contributed by atoms with E-state index in [9.17, 15) is 27.6 Å². The molecule has 12 heteroatoms. The van der Waals surface area contributed by atoms with Crippen molar-refractivity contribution in [2.24, 2.45) is 15.8 Å². The van der Waals surface area contributed by atoms with Gasteiger partial charge >= 0.3 is 6.18 Å². The molecule has 0 aliphatic carbocycles. The number of hydrogen-bond acceptors (Lipinski definition) is 7. The Labute approximate surface area is 218 Å². The van der Waals surface area contributed by atoms with Crippen LogP contribution in [0.1, 0.15) is 29.2 Å². The summed E-state index contributed by atoms with van der Waals surface area (Å²) >= 11 is 0. The summed E-state index contributed by atoms with van der Waals surface area (Å²) in [5, 5.41) is 13.4. The van der Waals surface area contributed by atoms with Gasteiger partial charge in [-0.05, 0) is 62.0 Å². The topological polar surface area (TPSA) is 110 Å². The molecule has 3 rings (SSSR count). The van der Waals surface area contributed by atoms with Gasteiger partial charge in [-0.2, -0.15) is 18.4 Å². The van der Waals surface area contributed by atoms with Crippen molar-refractivity contribution in [1.29, 1.82) is 5.26 Å². The maximum Gasteiger partial charge on any atom is 0.416 e. The highest BCUT2D eigenvalue weighted by Gasteiger charge is 2.31. The summed E-state index contributed by atoms with van der Waals surface area (Å²) in [4.78, 5) is 20.8. The van der Waals surface area contributed by atoms with Crippen LogP contribution >= 0.6 is 0 Å². The van der Waals surface area contributed by atoms with Gasteiger partial charge in [0, 0.05) is 50.0 Å². The second-order valence-corrected chi connectivity index (χ2v) is 7.73. The summed E-state index contributed by atoms with van der Waals surface area (Å²) in [7, 11) is 1.36. The summed E-state index contributed by atoms with van der Waals surface area (Å²) in [6, 6.07) is 8.06. The molecule has 0 saturated heterocycles. The average molecular weight is 530 g/mol. The molecule has 0 saturated carbocycles. The van der Waals surface area contributed by atoms with Crippen LogP contribution in [0.4, 0.5) is 28.9 Å². The lowest BCUT2D eigenvalue weighted by molar-refractivity contribution is -0.137. The maximum absolute atomic E-state index is 12.7. The highest BCUT2D eigenvalue weighted by atomic mass is 19.4. The van der Waals surface area contributed by atoms with Crippen molar-refractivity contribution in [2.75, 3.05) is 30.4 Å². The first-order chi connectivity index (χ1) is 18.1. The quantitative estimate of drug-likeness (QED) is 0.169. The van der Waals surface area contributed by atoms with Crippen molar-refractivity contribution >= 4 is 36.4 Å². The predicted molar refractivity (Wildman–Crippen MR) is 141 cm³/mol. The van der Waals surface area contributed by atoms with E-state index < -0.39 is 17.6 Å². The molecule has 2 aromatic carbocycles. The highest BCUT2D eigenvalue weighted by Crippen LogP contribution is 2.34. The molecule has 0 fully saturated rings. The van der Waals surface area contributed by atoms with Gasteiger partial charge in [0.15, 0.2) is 0 Å². The average Bonchev–Trinajstić information content (AvgIpc) is 3.33. The number of nitrogens with two attached hydrogens (primary N) is 1. The Balaban J connectivity index is 0.000000328. The van der Waals surface area contributed by atoms with Gasteiger partial charge in [0.05, 0.1) is 22.5 Å². The van der Waals surface area contributed by atoms with E-state index in [0.29, 0.717) is 42.4 Å². The van der Waals surface area contributed by atoms with Crippen LogP contribution in [0.5, 0.6) is 0 Å². The van der Waals surface area contributed by atoms with Crippen molar-refractivity contribution in [3.63, 3.8) is 0 Å². The number of allylic oxidation sites excluding steroid dienone is 1. The predicted octanol–water partition coefficient (Wildman–Crippen LogP) is 4.74. The Morgan fingerprint density at radius 1 is 1.34 bits per heavy atom. The number of halogens is 4. The van der Waals surface area contributed by atoms with E-state index in [-0.39, 0.29) is 5.69 Å². The monoisotopic (exact) mass is 529 g/mol. The molecule has 1 aliphatic heterocycles. The molecular weight excluding hydrogens is 502 g/mol. The van der Waals surface area contributed by atoms with Gasteiger partial charge < -0.3 is 15.2 Å². The van der Waals surface area contributed by atoms with E-state index in [1.54, 1.807) is 35.7 Å². The van der Waals surface area contributed by atoms with E-state index in [1.807, 2.05) is 13.0 Å². The summed E-state index contributed by atoms with van der Waals surface area (Å²) in [5.74, 6) is 4.91. The zero-order valence-corrected chi connectivity index (χ0v) is 20.8. The molecule has 2 aromatic rings. The Kier molecular flexibility index (Phi) is 10.7. The number of anilines is 2. The zero-order chi connectivity index (χ0) is 28.3. The van der Waals surface area contributed by atoms with Crippen molar-refractivity contribution in [2.45, 2.75) is 19.5 Å². The van der Waals surface area contributed by atoms with E-state index >= 15 is 0 Å².